The molecule has 3 heteroatoms. The Balaban J connectivity index is 2.07. The summed E-state index contributed by atoms with van der Waals surface area (Å²) in [5.41, 5.74) is 8.02. The molecule has 1 fully saturated rings. The largest absolute Gasteiger partial charge is 0.381 e. The number of hydrogen-bond acceptors (Lipinski definition) is 2. The average molecular weight is 222 g/mol. The van der Waals surface area contributed by atoms with Crippen molar-refractivity contribution in [3.05, 3.63) is 29.6 Å². The number of anilines is 1. The fourth-order valence-corrected chi connectivity index (χ4v) is 2.33. The molecular weight excluding hydrogens is 203 g/mol. The Labute approximate surface area is 96.0 Å². The monoisotopic (exact) mass is 222 g/mol. The lowest BCUT2D eigenvalue weighted by Crippen LogP contribution is -2.42. The normalized spacial score (nSPS) is 25.4. The van der Waals surface area contributed by atoms with E-state index in [0.717, 1.165) is 24.1 Å². The van der Waals surface area contributed by atoms with Crippen molar-refractivity contribution in [1.82, 2.24) is 0 Å². The van der Waals surface area contributed by atoms with Gasteiger partial charge in [-0.1, -0.05) is 12.8 Å². The summed E-state index contributed by atoms with van der Waals surface area (Å²) >= 11 is 0. The molecule has 88 valence electrons. The minimum Gasteiger partial charge on any atom is -0.381 e. The smallest absolute Gasteiger partial charge is 0.123 e. The molecule has 2 atom stereocenters. The van der Waals surface area contributed by atoms with E-state index < -0.39 is 0 Å². The summed E-state index contributed by atoms with van der Waals surface area (Å²) in [4.78, 5) is 0. The molecule has 1 aromatic carbocycles. The van der Waals surface area contributed by atoms with E-state index in [1.807, 2.05) is 6.92 Å². The summed E-state index contributed by atoms with van der Waals surface area (Å²) in [5, 5.41) is 3.43. The van der Waals surface area contributed by atoms with Crippen LogP contribution in [0.5, 0.6) is 0 Å². The van der Waals surface area contributed by atoms with Crippen molar-refractivity contribution < 1.29 is 4.39 Å². The fourth-order valence-electron chi connectivity index (χ4n) is 2.33. The number of benzene rings is 1. The van der Waals surface area contributed by atoms with Crippen molar-refractivity contribution in [3.8, 4) is 0 Å². The van der Waals surface area contributed by atoms with Crippen molar-refractivity contribution in [2.24, 2.45) is 5.73 Å². The number of aryl methyl sites for hydroxylation is 1. The van der Waals surface area contributed by atoms with E-state index in [-0.39, 0.29) is 11.9 Å². The molecule has 0 bridgehead atoms. The van der Waals surface area contributed by atoms with Crippen molar-refractivity contribution in [1.29, 1.82) is 0 Å². The van der Waals surface area contributed by atoms with Crippen LogP contribution in [0.4, 0.5) is 10.1 Å². The molecule has 0 amide bonds. The minimum absolute atomic E-state index is 0.184. The van der Waals surface area contributed by atoms with Gasteiger partial charge < -0.3 is 11.1 Å². The maximum absolute atomic E-state index is 13.0. The highest BCUT2D eigenvalue weighted by Gasteiger charge is 2.21. The van der Waals surface area contributed by atoms with Crippen LogP contribution in [0.25, 0.3) is 0 Å². The molecule has 2 unspecified atom stereocenters. The molecule has 0 aromatic heterocycles. The molecule has 1 aliphatic rings. The molecule has 0 aliphatic heterocycles. The van der Waals surface area contributed by atoms with Gasteiger partial charge in [-0.3, -0.25) is 0 Å². The van der Waals surface area contributed by atoms with Crippen LogP contribution in [0.2, 0.25) is 0 Å². The van der Waals surface area contributed by atoms with Crippen molar-refractivity contribution in [3.63, 3.8) is 0 Å². The molecule has 1 saturated carbocycles. The zero-order valence-electron chi connectivity index (χ0n) is 9.67. The van der Waals surface area contributed by atoms with Crippen molar-refractivity contribution in [2.75, 3.05) is 5.32 Å². The molecule has 0 saturated heterocycles. The second-order valence-electron chi connectivity index (χ2n) is 4.66. The Hall–Kier alpha value is -1.09. The highest BCUT2D eigenvalue weighted by atomic mass is 19.1. The molecule has 2 rings (SSSR count). The van der Waals surface area contributed by atoms with Crippen LogP contribution in [0.1, 0.15) is 31.2 Å². The lowest BCUT2D eigenvalue weighted by molar-refractivity contribution is 0.404. The molecule has 1 aliphatic carbocycles. The molecule has 1 aromatic rings. The predicted octanol–water partition coefficient (Wildman–Crippen LogP) is 2.82. The van der Waals surface area contributed by atoms with Gasteiger partial charge in [0.2, 0.25) is 0 Å². The predicted molar refractivity (Wildman–Crippen MR) is 65.0 cm³/mol. The van der Waals surface area contributed by atoms with Gasteiger partial charge in [0.25, 0.3) is 0 Å². The number of halogens is 1. The van der Waals surface area contributed by atoms with Crippen molar-refractivity contribution in [2.45, 2.75) is 44.7 Å². The summed E-state index contributed by atoms with van der Waals surface area (Å²) in [5.74, 6) is -0.184. The third kappa shape index (κ3) is 2.53. The van der Waals surface area contributed by atoms with Gasteiger partial charge in [0, 0.05) is 17.8 Å². The zero-order chi connectivity index (χ0) is 11.5. The van der Waals surface area contributed by atoms with Crippen LogP contribution in [0.3, 0.4) is 0 Å². The zero-order valence-corrected chi connectivity index (χ0v) is 9.67. The van der Waals surface area contributed by atoms with Gasteiger partial charge in [0.05, 0.1) is 0 Å². The second kappa shape index (κ2) is 4.83. The number of rotatable bonds is 2. The fraction of sp³-hybridized carbons (Fsp3) is 0.538. The van der Waals surface area contributed by atoms with Crippen LogP contribution < -0.4 is 11.1 Å². The van der Waals surface area contributed by atoms with Crippen LogP contribution in [-0.2, 0) is 0 Å². The third-order valence-electron chi connectivity index (χ3n) is 3.35. The number of hydrogen-bond donors (Lipinski definition) is 2. The maximum Gasteiger partial charge on any atom is 0.123 e. The highest BCUT2D eigenvalue weighted by Crippen LogP contribution is 2.23. The van der Waals surface area contributed by atoms with E-state index in [4.69, 9.17) is 5.73 Å². The number of nitrogens with two attached hydrogens (primary N) is 1. The Morgan fingerprint density at radius 1 is 1.31 bits per heavy atom. The average Bonchev–Trinajstić information content (AvgIpc) is 2.25. The Morgan fingerprint density at radius 2 is 2.06 bits per heavy atom. The second-order valence-corrected chi connectivity index (χ2v) is 4.66. The topological polar surface area (TPSA) is 38.0 Å². The lowest BCUT2D eigenvalue weighted by atomic mass is 9.90. The summed E-state index contributed by atoms with van der Waals surface area (Å²) in [6.45, 7) is 1.92. The van der Waals surface area contributed by atoms with Crippen molar-refractivity contribution >= 4 is 5.69 Å². The summed E-state index contributed by atoms with van der Waals surface area (Å²) in [7, 11) is 0. The molecular formula is C13H19FN2. The molecule has 0 spiro atoms. The van der Waals surface area contributed by atoms with Gasteiger partial charge in [-0.2, -0.15) is 0 Å². The third-order valence-corrected chi connectivity index (χ3v) is 3.35. The van der Waals surface area contributed by atoms with E-state index >= 15 is 0 Å². The van der Waals surface area contributed by atoms with E-state index in [9.17, 15) is 4.39 Å². The number of nitrogens with one attached hydrogen (secondary N) is 1. The Kier molecular flexibility index (Phi) is 3.44. The van der Waals surface area contributed by atoms with Crippen LogP contribution in [0, 0.1) is 12.7 Å². The standard InChI is InChI=1S/C13H19FN2/c1-9-8-10(14)6-7-12(9)16-13-5-3-2-4-11(13)15/h6-8,11,13,16H,2-5,15H2,1H3. The SMILES string of the molecule is Cc1cc(F)ccc1NC1CCCCC1N. The first-order valence-corrected chi connectivity index (χ1v) is 5.95. The summed E-state index contributed by atoms with van der Waals surface area (Å²) in [6, 6.07) is 5.39. The molecule has 0 radical (unpaired) electrons. The van der Waals surface area contributed by atoms with Gasteiger partial charge in [-0.25, -0.2) is 4.39 Å². The van der Waals surface area contributed by atoms with Gasteiger partial charge in [-0.05, 0) is 43.5 Å². The van der Waals surface area contributed by atoms with Gasteiger partial charge in [0.1, 0.15) is 5.82 Å². The van der Waals surface area contributed by atoms with E-state index in [0.29, 0.717) is 6.04 Å². The highest BCUT2D eigenvalue weighted by molar-refractivity contribution is 5.51. The maximum atomic E-state index is 13.0. The molecule has 3 N–H and O–H groups in total. The van der Waals surface area contributed by atoms with E-state index in [1.165, 1.54) is 18.9 Å². The minimum atomic E-state index is -0.184. The van der Waals surface area contributed by atoms with Crippen LogP contribution >= 0.6 is 0 Å². The van der Waals surface area contributed by atoms with E-state index in [2.05, 4.69) is 5.32 Å². The summed E-state index contributed by atoms with van der Waals surface area (Å²) < 4.78 is 13.0. The lowest BCUT2D eigenvalue weighted by Gasteiger charge is -2.30. The first kappa shape index (κ1) is 11.4. The molecule has 16 heavy (non-hydrogen) atoms. The first-order chi connectivity index (χ1) is 7.66. The van der Waals surface area contributed by atoms with E-state index in [1.54, 1.807) is 12.1 Å². The van der Waals surface area contributed by atoms with Gasteiger partial charge in [0.15, 0.2) is 0 Å². The quantitative estimate of drug-likeness (QED) is 0.807. The Morgan fingerprint density at radius 3 is 2.75 bits per heavy atom. The van der Waals surface area contributed by atoms with Crippen LogP contribution in [0.15, 0.2) is 18.2 Å². The molecule has 0 heterocycles. The van der Waals surface area contributed by atoms with Crippen LogP contribution in [-0.4, -0.2) is 12.1 Å². The van der Waals surface area contributed by atoms with Gasteiger partial charge >= 0.3 is 0 Å². The molecule has 2 nitrogen and oxygen atoms in total. The summed E-state index contributed by atoms with van der Waals surface area (Å²) in [6.07, 6.45) is 4.64. The van der Waals surface area contributed by atoms with Gasteiger partial charge in [-0.15, -0.1) is 0 Å². The Bertz CT molecular complexity index is 365. The first-order valence-electron chi connectivity index (χ1n) is 5.95.